The Morgan fingerprint density at radius 3 is 2.50 bits per heavy atom. The molecular formula is C11H18N2O3. The van der Waals surface area contributed by atoms with Gasteiger partial charge in [-0.15, -0.1) is 10.2 Å². The molecule has 90 valence electrons. The fraction of sp³-hybridized carbons (Fsp3) is 0.727. The second kappa shape index (κ2) is 4.63. The maximum Gasteiger partial charge on any atom is 0.303 e. The number of nitrogens with zero attached hydrogens (tertiary/aromatic N) is 2. The van der Waals surface area contributed by atoms with Crippen LogP contribution in [0.1, 0.15) is 51.8 Å². The van der Waals surface area contributed by atoms with Gasteiger partial charge in [0, 0.05) is 12.3 Å². The number of carboxylic acid groups (broad SMARTS) is 1. The Morgan fingerprint density at radius 1 is 1.44 bits per heavy atom. The smallest absolute Gasteiger partial charge is 0.303 e. The molecule has 1 aromatic rings. The molecule has 1 rings (SSSR count). The van der Waals surface area contributed by atoms with Crippen molar-refractivity contribution in [2.24, 2.45) is 5.41 Å². The average Bonchev–Trinajstić information content (AvgIpc) is 2.48. The lowest BCUT2D eigenvalue weighted by Gasteiger charge is -2.19. The van der Waals surface area contributed by atoms with Gasteiger partial charge in [-0.2, -0.15) is 0 Å². The van der Waals surface area contributed by atoms with Gasteiger partial charge in [0.2, 0.25) is 11.8 Å². The van der Waals surface area contributed by atoms with Crippen molar-refractivity contribution in [2.75, 3.05) is 0 Å². The molecule has 0 aliphatic rings. The summed E-state index contributed by atoms with van der Waals surface area (Å²) in [6.07, 6.45) is 0.575. The van der Waals surface area contributed by atoms with Crippen LogP contribution in [0.4, 0.5) is 0 Å². The average molecular weight is 226 g/mol. The van der Waals surface area contributed by atoms with Crippen molar-refractivity contribution < 1.29 is 14.3 Å². The molecule has 1 N–H and O–H groups in total. The number of aromatic nitrogens is 2. The molecule has 0 aromatic carbocycles. The molecule has 0 aliphatic carbocycles. The summed E-state index contributed by atoms with van der Waals surface area (Å²) in [6.45, 7) is 7.69. The molecule has 1 heterocycles. The second-order valence-electron chi connectivity index (χ2n) is 5.10. The third-order valence-corrected chi connectivity index (χ3v) is 2.24. The van der Waals surface area contributed by atoms with E-state index in [-0.39, 0.29) is 17.8 Å². The lowest BCUT2D eigenvalue weighted by Crippen LogP contribution is -2.19. The van der Waals surface area contributed by atoms with Crippen molar-refractivity contribution in [2.45, 2.75) is 46.5 Å². The van der Waals surface area contributed by atoms with Crippen molar-refractivity contribution in [3.63, 3.8) is 0 Å². The fourth-order valence-corrected chi connectivity index (χ4v) is 1.45. The van der Waals surface area contributed by atoms with Crippen LogP contribution in [-0.2, 0) is 11.2 Å². The quantitative estimate of drug-likeness (QED) is 0.833. The zero-order chi connectivity index (χ0) is 12.3. The van der Waals surface area contributed by atoms with E-state index in [1.807, 2.05) is 27.7 Å². The molecule has 16 heavy (non-hydrogen) atoms. The summed E-state index contributed by atoms with van der Waals surface area (Å²) in [5, 5.41) is 16.6. The number of aliphatic carboxylic acids is 1. The minimum absolute atomic E-state index is 0.0897. The number of hydrogen-bond acceptors (Lipinski definition) is 4. The summed E-state index contributed by atoms with van der Waals surface area (Å²) in [4.78, 5) is 10.7. The molecule has 0 saturated heterocycles. The van der Waals surface area contributed by atoms with E-state index in [0.717, 1.165) is 0 Å². The van der Waals surface area contributed by atoms with E-state index in [9.17, 15) is 4.79 Å². The molecule has 5 nitrogen and oxygen atoms in total. The van der Waals surface area contributed by atoms with Gasteiger partial charge in [-0.1, -0.05) is 27.7 Å². The molecule has 0 bridgehead atoms. The Hall–Kier alpha value is -1.39. The van der Waals surface area contributed by atoms with Gasteiger partial charge >= 0.3 is 5.97 Å². The number of rotatable bonds is 5. The molecule has 0 amide bonds. The normalized spacial score (nSPS) is 12.1. The Bertz CT molecular complexity index is 369. The molecule has 1 aromatic heterocycles. The lowest BCUT2D eigenvalue weighted by molar-refractivity contribution is -0.139. The summed E-state index contributed by atoms with van der Waals surface area (Å²) >= 11 is 0. The van der Waals surface area contributed by atoms with Crippen LogP contribution in [0.15, 0.2) is 4.42 Å². The van der Waals surface area contributed by atoms with Crippen LogP contribution >= 0.6 is 0 Å². The highest BCUT2D eigenvalue weighted by molar-refractivity contribution is 5.67. The van der Waals surface area contributed by atoms with Crippen LogP contribution in [-0.4, -0.2) is 21.3 Å². The SMILES string of the molecule is CC(C)c1nnc(CC(C)(C)CC(=O)O)o1. The van der Waals surface area contributed by atoms with Gasteiger partial charge in [0.15, 0.2) is 0 Å². The Labute approximate surface area is 94.9 Å². The zero-order valence-corrected chi connectivity index (χ0v) is 10.1. The van der Waals surface area contributed by atoms with E-state index in [2.05, 4.69) is 10.2 Å². The van der Waals surface area contributed by atoms with Crippen LogP contribution in [0.2, 0.25) is 0 Å². The Balaban J connectivity index is 2.68. The fourth-order valence-electron chi connectivity index (χ4n) is 1.45. The van der Waals surface area contributed by atoms with Gasteiger partial charge in [0.25, 0.3) is 0 Å². The van der Waals surface area contributed by atoms with Crippen molar-refractivity contribution in [3.05, 3.63) is 11.8 Å². The van der Waals surface area contributed by atoms with Crippen LogP contribution in [0.25, 0.3) is 0 Å². The highest BCUT2D eigenvalue weighted by Crippen LogP contribution is 2.26. The summed E-state index contributed by atoms with van der Waals surface area (Å²) in [7, 11) is 0. The first-order valence-electron chi connectivity index (χ1n) is 5.34. The largest absolute Gasteiger partial charge is 0.481 e. The maximum absolute atomic E-state index is 10.7. The van der Waals surface area contributed by atoms with Crippen molar-refractivity contribution in [1.29, 1.82) is 0 Å². The van der Waals surface area contributed by atoms with E-state index in [1.165, 1.54) is 0 Å². The minimum atomic E-state index is -0.811. The van der Waals surface area contributed by atoms with Gasteiger partial charge in [-0.3, -0.25) is 4.79 Å². The molecule has 0 spiro atoms. The monoisotopic (exact) mass is 226 g/mol. The first-order chi connectivity index (χ1) is 7.30. The lowest BCUT2D eigenvalue weighted by atomic mass is 9.86. The molecule has 0 fully saturated rings. The molecule has 5 heteroatoms. The van der Waals surface area contributed by atoms with Crippen molar-refractivity contribution in [3.8, 4) is 0 Å². The molecule has 0 atom stereocenters. The molecule has 0 unspecified atom stereocenters. The molecule has 0 aliphatic heterocycles. The predicted molar refractivity (Wildman–Crippen MR) is 58.1 cm³/mol. The summed E-state index contributed by atoms with van der Waals surface area (Å²) < 4.78 is 5.45. The third-order valence-electron chi connectivity index (χ3n) is 2.24. The topological polar surface area (TPSA) is 76.2 Å². The summed E-state index contributed by atoms with van der Waals surface area (Å²) in [5.74, 6) is 0.494. The highest BCUT2D eigenvalue weighted by atomic mass is 16.4. The predicted octanol–water partition coefficient (Wildman–Crippen LogP) is 2.24. The van der Waals surface area contributed by atoms with E-state index >= 15 is 0 Å². The molecule has 0 radical (unpaired) electrons. The van der Waals surface area contributed by atoms with Crippen LogP contribution in [0, 0.1) is 5.41 Å². The Morgan fingerprint density at radius 2 is 2.06 bits per heavy atom. The van der Waals surface area contributed by atoms with Crippen LogP contribution < -0.4 is 0 Å². The Kier molecular flexibility index (Phi) is 3.67. The maximum atomic E-state index is 10.7. The molecule has 0 saturated carbocycles. The third kappa shape index (κ3) is 3.64. The van der Waals surface area contributed by atoms with Gasteiger partial charge < -0.3 is 9.52 Å². The van der Waals surface area contributed by atoms with Gasteiger partial charge in [0.1, 0.15) is 0 Å². The van der Waals surface area contributed by atoms with Crippen molar-refractivity contribution >= 4 is 5.97 Å². The number of carboxylic acids is 1. The summed E-state index contributed by atoms with van der Waals surface area (Å²) in [6, 6.07) is 0. The summed E-state index contributed by atoms with van der Waals surface area (Å²) in [5.41, 5.74) is -0.368. The number of hydrogen-bond donors (Lipinski definition) is 1. The van der Waals surface area contributed by atoms with Gasteiger partial charge in [-0.25, -0.2) is 0 Å². The van der Waals surface area contributed by atoms with Crippen LogP contribution in [0.5, 0.6) is 0 Å². The van der Waals surface area contributed by atoms with E-state index in [0.29, 0.717) is 18.2 Å². The first kappa shape index (κ1) is 12.7. The first-order valence-corrected chi connectivity index (χ1v) is 5.34. The zero-order valence-electron chi connectivity index (χ0n) is 10.1. The van der Waals surface area contributed by atoms with E-state index in [1.54, 1.807) is 0 Å². The minimum Gasteiger partial charge on any atom is -0.481 e. The van der Waals surface area contributed by atoms with Gasteiger partial charge in [-0.05, 0) is 5.41 Å². The van der Waals surface area contributed by atoms with Crippen LogP contribution in [0.3, 0.4) is 0 Å². The van der Waals surface area contributed by atoms with E-state index < -0.39 is 5.97 Å². The standard InChI is InChI=1S/C11H18N2O3/c1-7(2)10-13-12-8(16-10)5-11(3,4)6-9(14)15/h7H,5-6H2,1-4H3,(H,14,15). The van der Waals surface area contributed by atoms with E-state index in [4.69, 9.17) is 9.52 Å². The van der Waals surface area contributed by atoms with Crippen molar-refractivity contribution in [1.82, 2.24) is 10.2 Å². The molecular weight excluding hydrogens is 208 g/mol. The second-order valence-corrected chi connectivity index (χ2v) is 5.10. The number of carbonyl (C=O) groups is 1. The van der Waals surface area contributed by atoms with Gasteiger partial charge in [0.05, 0.1) is 6.42 Å². The highest BCUT2D eigenvalue weighted by Gasteiger charge is 2.25.